The van der Waals surface area contributed by atoms with Crippen molar-refractivity contribution in [2.75, 3.05) is 0 Å². The first-order valence-corrected chi connectivity index (χ1v) is 17.9. The molecule has 0 unspecified atom stereocenters. The molecule has 0 aliphatic heterocycles. The third-order valence-corrected chi connectivity index (χ3v) is 10.6. The highest BCUT2D eigenvalue weighted by molar-refractivity contribution is 6.15. The molecule has 8 nitrogen and oxygen atoms in total. The van der Waals surface area contributed by atoms with E-state index >= 15 is 0 Å². The summed E-state index contributed by atoms with van der Waals surface area (Å²) in [6.45, 7) is 0.808. The number of carbonyl (C=O) groups excluding carboxylic acids is 1. The molecule has 0 radical (unpaired) electrons. The van der Waals surface area contributed by atoms with E-state index in [1.54, 1.807) is 6.07 Å². The highest BCUT2D eigenvalue weighted by Crippen LogP contribution is 2.47. The average Bonchev–Trinajstić information content (AvgIpc) is 3.70. The number of nitrogens with one attached hydrogen (secondary N) is 1. The second-order valence-corrected chi connectivity index (χ2v) is 13.9. The Hall–Kier alpha value is -7.32. The Morgan fingerprint density at radius 3 is 1.48 bits per heavy atom. The van der Waals surface area contributed by atoms with E-state index in [4.69, 9.17) is 25.7 Å². The van der Waals surface area contributed by atoms with Crippen LogP contribution in [0.5, 0.6) is 0 Å². The molecule has 0 saturated carbocycles. The zero-order valence-corrected chi connectivity index (χ0v) is 28.8. The minimum atomic E-state index is -0.169. The summed E-state index contributed by atoms with van der Waals surface area (Å²) in [5, 5.41) is 7.79. The predicted molar refractivity (Wildman–Crippen MR) is 215 cm³/mol. The first-order chi connectivity index (χ1) is 26.6. The lowest BCUT2D eigenvalue weighted by Crippen LogP contribution is -2.22. The van der Waals surface area contributed by atoms with Gasteiger partial charge in [-0.2, -0.15) is 0 Å². The van der Waals surface area contributed by atoms with Crippen molar-refractivity contribution in [3.05, 3.63) is 156 Å². The standard InChI is InChI=1S/C46H29N7O/c47-45(29-17-19-35-37(21-29)52-43-33-11-3-7-27-5-1-9-31(39(27)33)41(43)50-35)48-23-25-13-15-26(16-14-25)24-49-46(54)30-18-20-36-38(22-30)53-44-34-12-4-8-28-6-2-10-32(40(28)34)42(44)51-36/h1-22H,23-24H2,(H2,47,48)(H,49,54). The van der Waals surface area contributed by atoms with Crippen LogP contribution in [0.4, 0.5) is 0 Å². The van der Waals surface area contributed by atoms with Crippen molar-refractivity contribution in [2.24, 2.45) is 10.7 Å². The van der Waals surface area contributed by atoms with Crippen LogP contribution in [0.25, 0.3) is 88.6 Å². The molecule has 0 saturated heterocycles. The first kappa shape index (κ1) is 30.3. The van der Waals surface area contributed by atoms with Crippen LogP contribution in [0, 0.1) is 0 Å². The lowest BCUT2D eigenvalue weighted by atomic mass is 10.0. The Labute approximate surface area is 309 Å². The summed E-state index contributed by atoms with van der Waals surface area (Å²) >= 11 is 0. The Balaban J connectivity index is 0.771. The van der Waals surface area contributed by atoms with E-state index < -0.39 is 0 Å². The van der Waals surface area contributed by atoms with Crippen molar-refractivity contribution in [2.45, 2.75) is 13.1 Å². The van der Waals surface area contributed by atoms with Gasteiger partial charge in [0.2, 0.25) is 0 Å². The number of rotatable bonds is 6. The fourth-order valence-corrected chi connectivity index (χ4v) is 7.95. The molecule has 3 N–H and O–H groups in total. The average molecular weight is 696 g/mol. The van der Waals surface area contributed by atoms with Gasteiger partial charge < -0.3 is 11.1 Å². The van der Waals surface area contributed by atoms with Gasteiger partial charge in [0.15, 0.2) is 0 Å². The van der Waals surface area contributed by atoms with E-state index in [-0.39, 0.29) is 5.91 Å². The van der Waals surface area contributed by atoms with Gasteiger partial charge in [-0.3, -0.25) is 9.79 Å². The van der Waals surface area contributed by atoms with Crippen molar-refractivity contribution in [1.82, 2.24) is 25.3 Å². The summed E-state index contributed by atoms with van der Waals surface area (Å²) in [5.74, 6) is 0.269. The summed E-state index contributed by atoms with van der Waals surface area (Å²) in [6, 6.07) is 44.5. The Bertz CT molecular complexity index is 3100. The summed E-state index contributed by atoms with van der Waals surface area (Å²) in [7, 11) is 0. The zero-order chi connectivity index (χ0) is 35.9. The molecule has 7 aromatic carbocycles. The molecule has 2 aliphatic carbocycles. The maximum atomic E-state index is 13.2. The number of benzene rings is 7. The molecule has 0 spiro atoms. The molecule has 8 heteroatoms. The molecule has 0 fully saturated rings. The van der Waals surface area contributed by atoms with E-state index in [2.05, 4.69) is 77.0 Å². The molecule has 2 aromatic heterocycles. The number of carbonyl (C=O) groups is 1. The summed E-state index contributed by atoms with van der Waals surface area (Å²) < 4.78 is 0. The number of nitrogens with two attached hydrogens (primary N) is 1. The van der Waals surface area contributed by atoms with Gasteiger partial charge in [0.25, 0.3) is 5.91 Å². The molecule has 9 aromatic rings. The highest BCUT2D eigenvalue weighted by atomic mass is 16.1. The predicted octanol–water partition coefficient (Wildman–Crippen LogP) is 9.01. The first-order valence-electron chi connectivity index (χ1n) is 17.9. The fraction of sp³-hybridized carbons (Fsp3) is 0.0435. The second-order valence-electron chi connectivity index (χ2n) is 13.9. The van der Waals surface area contributed by atoms with Crippen LogP contribution in [0.3, 0.4) is 0 Å². The normalized spacial score (nSPS) is 12.5. The van der Waals surface area contributed by atoms with Gasteiger partial charge in [0, 0.05) is 50.7 Å². The molecule has 254 valence electrons. The number of hydrogen-bond acceptors (Lipinski definition) is 6. The van der Waals surface area contributed by atoms with Gasteiger partial charge in [-0.05, 0) is 58.3 Å². The van der Waals surface area contributed by atoms with Gasteiger partial charge in [-0.1, -0.05) is 97.1 Å². The molecule has 2 aliphatic rings. The number of amides is 1. The van der Waals surface area contributed by atoms with Crippen molar-refractivity contribution in [1.29, 1.82) is 0 Å². The monoisotopic (exact) mass is 695 g/mol. The number of amidine groups is 1. The summed E-state index contributed by atoms with van der Waals surface area (Å²) in [4.78, 5) is 37.9. The number of nitrogens with zero attached hydrogens (tertiary/aromatic N) is 5. The molecule has 0 bridgehead atoms. The van der Waals surface area contributed by atoms with Crippen LogP contribution in [0.2, 0.25) is 0 Å². The highest BCUT2D eigenvalue weighted by Gasteiger charge is 2.26. The Morgan fingerprint density at radius 2 is 0.963 bits per heavy atom. The lowest BCUT2D eigenvalue weighted by Gasteiger charge is -2.08. The molecule has 0 atom stereocenters. The zero-order valence-electron chi connectivity index (χ0n) is 28.8. The summed E-state index contributed by atoms with van der Waals surface area (Å²) in [6.07, 6.45) is 0. The SMILES string of the molecule is NC(=NCc1ccc(CNC(=O)c2ccc3nc4c(nc3c2)-c2cccc3cccc-4c23)cc1)c1ccc2nc3c(nc2c1)-c1cccc2cccc-3c12. The largest absolute Gasteiger partial charge is 0.383 e. The topological polar surface area (TPSA) is 119 Å². The van der Waals surface area contributed by atoms with Crippen LogP contribution in [0.1, 0.15) is 27.0 Å². The third kappa shape index (κ3) is 4.70. The third-order valence-electron chi connectivity index (χ3n) is 10.6. The molecule has 2 heterocycles. The maximum absolute atomic E-state index is 13.2. The molecular formula is C46H29N7O. The van der Waals surface area contributed by atoms with Gasteiger partial charge in [-0.25, -0.2) is 19.9 Å². The molecule has 11 rings (SSSR count). The molecular weight excluding hydrogens is 667 g/mol. The van der Waals surface area contributed by atoms with E-state index in [0.717, 1.165) is 78.3 Å². The van der Waals surface area contributed by atoms with E-state index in [1.165, 1.54) is 21.5 Å². The minimum absolute atomic E-state index is 0.169. The molecule has 54 heavy (non-hydrogen) atoms. The lowest BCUT2D eigenvalue weighted by molar-refractivity contribution is 0.0951. The number of fused-ring (bicyclic) bond motifs is 8. The van der Waals surface area contributed by atoms with Gasteiger partial charge in [0.1, 0.15) is 5.84 Å². The van der Waals surface area contributed by atoms with Crippen molar-refractivity contribution >= 4 is 55.4 Å². The van der Waals surface area contributed by atoms with Crippen molar-refractivity contribution in [3.8, 4) is 45.0 Å². The van der Waals surface area contributed by atoms with Gasteiger partial charge >= 0.3 is 0 Å². The number of hydrogen-bond donors (Lipinski definition) is 2. The fourth-order valence-electron chi connectivity index (χ4n) is 7.95. The molecule has 1 amide bonds. The van der Waals surface area contributed by atoms with E-state index in [9.17, 15) is 4.79 Å². The van der Waals surface area contributed by atoms with E-state index in [0.29, 0.717) is 30.0 Å². The maximum Gasteiger partial charge on any atom is 0.251 e. The smallest absolute Gasteiger partial charge is 0.251 e. The quantitative estimate of drug-likeness (QED) is 0.132. The van der Waals surface area contributed by atoms with Crippen molar-refractivity contribution < 1.29 is 4.79 Å². The Kier molecular flexibility index (Phi) is 6.51. The second kappa shape index (κ2) is 11.6. The number of aromatic nitrogens is 4. The van der Waals surface area contributed by atoms with Crippen LogP contribution in [0.15, 0.2) is 138 Å². The van der Waals surface area contributed by atoms with E-state index in [1.807, 2.05) is 60.7 Å². The summed E-state index contributed by atoms with van der Waals surface area (Å²) in [5.41, 5.74) is 20.9. The Morgan fingerprint density at radius 1 is 0.519 bits per heavy atom. The van der Waals surface area contributed by atoms with Crippen LogP contribution >= 0.6 is 0 Å². The van der Waals surface area contributed by atoms with Crippen LogP contribution < -0.4 is 11.1 Å². The minimum Gasteiger partial charge on any atom is -0.383 e. The van der Waals surface area contributed by atoms with Crippen LogP contribution in [-0.2, 0) is 13.1 Å². The van der Waals surface area contributed by atoms with Gasteiger partial charge in [0.05, 0.1) is 51.4 Å². The van der Waals surface area contributed by atoms with Crippen molar-refractivity contribution in [3.63, 3.8) is 0 Å². The number of aliphatic imine (C=N–C) groups is 1. The van der Waals surface area contributed by atoms with Gasteiger partial charge in [-0.15, -0.1) is 0 Å². The van der Waals surface area contributed by atoms with Crippen LogP contribution in [-0.4, -0.2) is 31.7 Å².